The van der Waals surface area contributed by atoms with Crippen molar-refractivity contribution in [3.8, 4) is 0 Å². The van der Waals surface area contributed by atoms with Crippen molar-refractivity contribution in [3.05, 3.63) is 269 Å². The van der Waals surface area contributed by atoms with Gasteiger partial charge in [0.05, 0.1) is 15.8 Å². The van der Waals surface area contributed by atoms with E-state index < -0.39 is 15.8 Å². The molecular formula is C50H42Cl4Co4N4P2-4. The van der Waals surface area contributed by atoms with Crippen molar-refractivity contribution >= 4 is 88.3 Å². The molecule has 8 rings (SSSR count). The van der Waals surface area contributed by atoms with Crippen LogP contribution in [0.25, 0.3) is 0 Å². The average molecular weight is 1140 g/mol. The van der Waals surface area contributed by atoms with E-state index in [0.29, 0.717) is 25.8 Å². The topological polar surface area (TPSA) is 95.2 Å². The van der Waals surface area contributed by atoms with Gasteiger partial charge in [-0.3, -0.25) is 0 Å². The van der Waals surface area contributed by atoms with E-state index in [1.165, 1.54) is 31.8 Å². The van der Waals surface area contributed by atoms with E-state index in [-0.39, 0.29) is 33.6 Å². The third-order valence-electron chi connectivity index (χ3n) is 7.49. The summed E-state index contributed by atoms with van der Waals surface area (Å²) in [6.07, 6.45) is 0. The smallest absolute Gasteiger partial charge is 0.102 e. The van der Waals surface area contributed by atoms with E-state index >= 15 is 0 Å². The molecular weight excluding hydrogens is 1100 g/mol. The zero-order valence-corrected chi connectivity index (χ0v) is 42.9. The van der Waals surface area contributed by atoms with Crippen LogP contribution in [-0.2, 0) is 59.3 Å². The molecule has 0 saturated carbocycles. The van der Waals surface area contributed by atoms with Crippen LogP contribution in [-0.4, -0.2) is 0 Å². The van der Waals surface area contributed by atoms with Gasteiger partial charge in [-0.1, -0.05) is 109 Å². The van der Waals surface area contributed by atoms with E-state index in [9.17, 15) is 0 Å². The largest absolute Gasteiger partial charge is 0.214 e. The summed E-state index contributed by atoms with van der Waals surface area (Å²) in [6.45, 7) is 19.0. The second kappa shape index (κ2) is 51.7. The summed E-state index contributed by atoms with van der Waals surface area (Å²) in [5, 5.41) is 33.6. The maximum Gasteiger partial charge on any atom is 0.102 e. The van der Waals surface area contributed by atoms with Crippen molar-refractivity contribution in [1.29, 1.82) is 21.0 Å². The molecule has 0 atom stereocenters. The van der Waals surface area contributed by atoms with Crippen LogP contribution in [0.3, 0.4) is 0 Å². The molecule has 0 bridgehead atoms. The third-order valence-corrected chi connectivity index (χ3v) is 12.9. The van der Waals surface area contributed by atoms with Gasteiger partial charge in [0.2, 0.25) is 0 Å². The molecule has 0 fully saturated rings. The minimum atomic E-state index is -0.877. The average Bonchev–Trinajstić information content (AvgIpc) is 4.17. The Kier molecular flexibility index (Phi) is 53.8. The van der Waals surface area contributed by atoms with Crippen molar-refractivity contribution in [2.24, 2.45) is 0 Å². The standard InChI is InChI=1S/2C18H15P.2C5H5.4CN.4ClH.4Co/c2*1-4-10-16(11-5-1)19(17-12-6-2-7-13-17)18-14-8-3-9-15-18;2*1-2-4-5-3-1;4*1-2;;;;;;;;/h2*1-15H;2*1-5H;;;;;4*1H;;;;/q;;6*-1;;;;;;;2*+2/p-2. The Morgan fingerprint density at radius 2 is 0.406 bits per heavy atom. The number of benzene rings is 6. The van der Waals surface area contributed by atoms with Crippen LogP contribution in [0, 0.1) is 47.3 Å². The minimum Gasteiger partial charge on any atom is -0.214 e. The summed E-state index contributed by atoms with van der Waals surface area (Å²) >= 11 is 0.764. The van der Waals surface area contributed by atoms with Crippen LogP contribution < -0.4 is 31.8 Å². The molecule has 0 amide bonds. The van der Waals surface area contributed by atoms with Gasteiger partial charge in [0, 0.05) is 33.6 Å². The van der Waals surface area contributed by atoms with Crippen LogP contribution in [0.15, 0.2) is 243 Å². The summed E-state index contributed by atoms with van der Waals surface area (Å²) in [5.74, 6) is 0. The summed E-state index contributed by atoms with van der Waals surface area (Å²) in [4.78, 5) is 0. The Morgan fingerprint density at radius 1 is 0.281 bits per heavy atom. The normalized spacial score (nSPS) is 8.34. The van der Waals surface area contributed by atoms with E-state index in [4.69, 9.17) is 87.9 Å². The van der Waals surface area contributed by atoms with Crippen molar-refractivity contribution in [2.75, 3.05) is 0 Å². The fourth-order valence-corrected chi connectivity index (χ4v) is 10.4. The molecule has 8 aromatic carbocycles. The SMILES string of the molecule is [C-]#N.[C-]#N.[C-]#N.[C-]#N.[Cl][Co][Cl].[Cl][Co][Cl].[Co].[Co].c1cc[cH-]c1.c1cc[cH-]c1.c1ccc([PH+](c2ccccc2)c2ccccc2)cc1.c1ccc([PH+](c2ccccc2)c2ccccc2)cc1. The summed E-state index contributed by atoms with van der Waals surface area (Å²) in [6, 6.07) is 85.0. The summed E-state index contributed by atoms with van der Waals surface area (Å²) in [7, 11) is 17.2. The van der Waals surface area contributed by atoms with Gasteiger partial charge >= 0.3 is 66.4 Å². The summed E-state index contributed by atoms with van der Waals surface area (Å²) < 4.78 is 0. The first-order valence-corrected chi connectivity index (χ1v) is 26.4. The van der Waals surface area contributed by atoms with Crippen LogP contribution in [0.2, 0.25) is 0 Å². The number of halogens is 4. The molecule has 0 aliphatic carbocycles. The summed E-state index contributed by atoms with van der Waals surface area (Å²) in [5.41, 5.74) is 0. The Morgan fingerprint density at radius 3 is 0.500 bits per heavy atom. The van der Waals surface area contributed by atoms with Crippen LogP contribution >= 0.6 is 56.4 Å². The van der Waals surface area contributed by atoms with Crippen LogP contribution in [0.5, 0.6) is 0 Å². The third kappa shape index (κ3) is 31.0. The van der Waals surface area contributed by atoms with Gasteiger partial charge in [-0.15, -0.1) is 0 Å². The van der Waals surface area contributed by atoms with Gasteiger partial charge < -0.3 is 47.3 Å². The van der Waals surface area contributed by atoms with Gasteiger partial charge in [-0.25, -0.2) is 24.3 Å². The minimum absolute atomic E-state index is 0. The molecule has 64 heavy (non-hydrogen) atoms. The Bertz CT molecular complexity index is 1770. The second-order valence-electron chi connectivity index (χ2n) is 11.0. The second-order valence-corrected chi connectivity index (χ2v) is 19.4. The van der Waals surface area contributed by atoms with E-state index in [1.807, 2.05) is 60.7 Å². The molecule has 0 N–H and O–H groups in total. The molecule has 0 aromatic heterocycles. The first kappa shape index (κ1) is 66.6. The van der Waals surface area contributed by atoms with Crippen LogP contribution in [0.4, 0.5) is 0 Å². The Balaban J connectivity index is -0.000000370. The molecule has 14 heteroatoms. The van der Waals surface area contributed by atoms with Gasteiger partial charge in [0.25, 0.3) is 0 Å². The molecule has 0 aliphatic rings. The predicted octanol–water partition coefficient (Wildman–Crippen LogP) is 12.3. The number of nitrogens with zero attached hydrogens (tertiary/aromatic N) is 4. The number of hydrogen-bond acceptors (Lipinski definition) is 4. The predicted molar refractivity (Wildman–Crippen MR) is 260 cm³/mol. The molecule has 0 saturated heterocycles. The first-order chi connectivity index (χ1) is 30.7. The van der Waals surface area contributed by atoms with Crippen molar-refractivity contribution in [1.82, 2.24) is 0 Å². The molecule has 8 aromatic rings. The maximum absolute atomic E-state index is 6.25. The number of hydrogen-bond donors (Lipinski definition) is 0. The molecule has 0 spiro atoms. The van der Waals surface area contributed by atoms with E-state index in [0.717, 1.165) is 0 Å². The maximum atomic E-state index is 6.25. The fraction of sp³-hybridized carbons (Fsp3) is 0. The molecule has 2 radical (unpaired) electrons. The molecule has 4 nitrogen and oxygen atoms in total. The fourth-order valence-electron chi connectivity index (χ4n) is 5.27. The van der Waals surface area contributed by atoms with E-state index in [1.54, 1.807) is 0 Å². The molecule has 0 heterocycles. The number of rotatable bonds is 6. The Hall–Kier alpha value is -3.97. The van der Waals surface area contributed by atoms with E-state index in [2.05, 4.69) is 182 Å². The quantitative estimate of drug-likeness (QED) is 0.122. The van der Waals surface area contributed by atoms with Gasteiger partial charge in [-0.05, 0) is 72.8 Å². The molecule has 0 unspecified atom stereocenters. The van der Waals surface area contributed by atoms with Gasteiger partial charge in [-0.2, -0.15) is 36.4 Å². The van der Waals surface area contributed by atoms with Gasteiger partial charge in [0.15, 0.2) is 0 Å². The van der Waals surface area contributed by atoms with Crippen molar-refractivity contribution in [3.63, 3.8) is 0 Å². The first-order valence-electron chi connectivity index (χ1n) is 17.7. The zero-order valence-electron chi connectivity index (χ0n) is 33.7. The monoisotopic (exact) mass is 1140 g/mol. The van der Waals surface area contributed by atoms with Crippen molar-refractivity contribution < 1.29 is 59.3 Å². The molecule has 340 valence electrons. The van der Waals surface area contributed by atoms with Crippen LogP contribution in [0.1, 0.15) is 0 Å². The zero-order chi connectivity index (χ0) is 46.3. The van der Waals surface area contributed by atoms with Crippen molar-refractivity contribution in [2.45, 2.75) is 0 Å². The Labute approximate surface area is 433 Å². The molecule has 0 aliphatic heterocycles. The van der Waals surface area contributed by atoms with Gasteiger partial charge in [0.1, 0.15) is 31.8 Å².